The lowest BCUT2D eigenvalue weighted by atomic mass is 10.1. The monoisotopic (exact) mass is 240 g/mol. The van der Waals surface area contributed by atoms with Crippen LogP contribution in [-0.4, -0.2) is 17.4 Å². The molecule has 0 saturated carbocycles. The zero-order valence-electron chi connectivity index (χ0n) is 10.2. The second kappa shape index (κ2) is 5.92. The zero-order chi connectivity index (χ0) is 12.8. The number of hydrogen-bond donors (Lipinski definition) is 2. The molecule has 0 spiro atoms. The Bertz CT molecular complexity index is 577. The van der Waals surface area contributed by atoms with Gasteiger partial charge in [0.25, 0.3) is 5.91 Å². The Balaban J connectivity index is 1.97. The van der Waals surface area contributed by atoms with Crippen LogP contribution in [0.15, 0.2) is 30.5 Å². The summed E-state index contributed by atoms with van der Waals surface area (Å²) >= 11 is 0. The predicted molar refractivity (Wildman–Crippen MR) is 73.3 cm³/mol. The highest BCUT2D eigenvalue weighted by atomic mass is 16.1. The molecule has 3 heteroatoms. The van der Waals surface area contributed by atoms with Crippen molar-refractivity contribution in [3.63, 3.8) is 0 Å². The third kappa shape index (κ3) is 2.72. The smallest absolute Gasteiger partial charge is 0.253 e. The van der Waals surface area contributed by atoms with Gasteiger partial charge in [0, 0.05) is 24.5 Å². The summed E-state index contributed by atoms with van der Waals surface area (Å²) < 4.78 is 0. The molecule has 0 saturated heterocycles. The summed E-state index contributed by atoms with van der Waals surface area (Å²) in [5.41, 5.74) is 1.58. The molecule has 0 radical (unpaired) electrons. The molecule has 0 atom stereocenters. The Kier molecular flexibility index (Phi) is 4.03. The van der Waals surface area contributed by atoms with E-state index in [2.05, 4.69) is 16.2 Å². The quantitative estimate of drug-likeness (QED) is 0.612. The van der Waals surface area contributed by atoms with E-state index >= 15 is 0 Å². The topological polar surface area (TPSA) is 44.9 Å². The Morgan fingerprint density at radius 3 is 3.06 bits per heavy atom. The van der Waals surface area contributed by atoms with Crippen molar-refractivity contribution in [2.45, 2.75) is 19.3 Å². The van der Waals surface area contributed by atoms with Crippen molar-refractivity contribution in [3.05, 3.63) is 36.0 Å². The molecule has 2 N–H and O–H groups in total. The molecule has 1 heterocycles. The zero-order valence-corrected chi connectivity index (χ0v) is 10.2. The number of fused-ring (bicyclic) bond motifs is 1. The summed E-state index contributed by atoms with van der Waals surface area (Å²) in [7, 11) is 0. The fourth-order valence-electron chi connectivity index (χ4n) is 1.92. The van der Waals surface area contributed by atoms with Crippen molar-refractivity contribution in [1.82, 2.24) is 10.3 Å². The molecule has 0 aliphatic heterocycles. The van der Waals surface area contributed by atoms with Crippen LogP contribution in [0.4, 0.5) is 0 Å². The standard InChI is InChI=1S/C15H16N2O/c1-2-3-4-5-10-17-15(18)13-8-6-7-12-9-11-16-14(12)13/h1,6-9,11,16H,3-5,10H2,(H,17,18). The fraction of sp³-hybridized carbons (Fsp3) is 0.267. The molecule has 1 aromatic heterocycles. The summed E-state index contributed by atoms with van der Waals surface area (Å²) in [6.45, 7) is 0.664. The maximum atomic E-state index is 12.0. The normalized spacial score (nSPS) is 10.2. The lowest BCUT2D eigenvalue weighted by molar-refractivity contribution is 0.0954. The average Bonchev–Trinajstić information content (AvgIpc) is 2.86. The van der Waals surface area contributed by atoms with Crippen LogP contribution >= 0.6 is 0 Å². The lowest BCUT2D eigenvalue weighted by Crippen LogP contribution is -2.24. The van der Waals surface area contributed by atoms with E-state index in [1.165, 1.54) is 0 Å². The van der Waals surface area contributed by atoms with Crippen LogP contribution in [0.5, 0.6) is 0 Å². The van der Waals surface area contributed by atoms with Gasteiger partial charge < -0.3 is 10.3 Å². The van der Waals surface area contributed by atoms with Crippen LogP contribution in [-0.2, 0) is 0 Å². The number of H-pyrrole nitrogens is 1. The van der Waals surface area contributed by atoms with Gasteiger partial charge in [-0.2, -0.15) is 0 Å². The van der Waals surface area contributed by atoms with Crippen LogP contribution in [0, 0.1) is 12.3 Å². The molecule has 0 aliphatic carbocycles. The molecule has 92 valence electrons. The number of rotatable bonds is 5. The van der Waals surface area contributed by atoms with Gasteiger partial charge in [-0.05, 0) is 25.0 Å². The Hall–Kier alpha value is -2.21. The number of terminal acetylenes is 1. The Morgan fingerprint density at radius 1 is 1.33 bits per heavy atom. The van der Waals surface area contributed by atoms with E-state index in [0.29, 0.717) is 12.1 Å². The lowest BCUT2D eigenvalue weighted by Gasteiger charge is -2.05. The van der Waals surface area contributed by atoms with E-state index in [1.807, 2.05) is 30.5 Å². The first kappa shape index (κ1) is 12.3. The van der Waals surface area contributed by atoms with Gasteiger partial charge >= 0.3 is 0 Å². The third-order valence-electron chi connectivity index (χ3n) is 2.87. The number of carbonyl (C=O) groups excluding carboxylic acids is 1. The second-order valence-corrected chi connectivity index (χ2v) is 4.16. The molecule has 2 rings (SSSR count). The summed E-state index contributed by atoms with van der Waals surface area (Å²) in [6.07, 6.45) is 9.64. The van der Waals surface area contributed by atoms with Crippen molar-refractivity contribution in [2.24, 2.45) is 0 Å². The molecule has 2 aromatic rings. The molecule has 0 aliphatic rings. The highest BCUT2D eigenvalue weighted by molar-refractivity contribution is 6.05. The first-order valence-electron chi connectivity index (χ1n) is 6.10. The summed E-state index contributed by atoms with van der Waals surface area (Å²) in [6, 6.07) is 7.66. The largest absolute Gasteiger partial charge is 0.361 e. The first-order valence-corrected chi connectivity index (χ1v) is 6.10. The Labute approximate surface area is 107 Å². The van der Waals surface area contributed by atoms with Crippen molar-refractivity contribution >= 4 is 16.8 Å². The third-order valence-corrected chi connectivity index (χ3v) is 2.87. The summed E-state index contributed by atoms with van der Waals surface area (Å²) in [5.74, 6) is 2.55. The van der Waals surface area contributed by atoms with Crippen molar-refractivity contribution in [2.75, 3.05) is 6.54 Å². The van der Waals surface area contributed by atoms with E-state index < -0.39 is 0 Å². The molecular formula is C15H16N2O. The van der Waals surface area contributed by atoms with Crippen LogP contribution < -0.4 is 5.32 Å². The van der Waals surface area contributed by atoms with Crippen LogP contribution in [0.2, 0.25) is 0 Å². The number of carbonyl (C=O) groups is 1. The molecule has 1 aromatic carbocycles. The molecule has 18 heavy (non-hydrogen) atoms. The number of aromatic nitrogens is 1. The minimum Gasteiger partial charge on any atom is -0.361 e. The number of aromatic amines is 1. The van der Waals surface area contributed by atoms with Crippen molar-refractivity contribution in [3.8, 4) is 12.3 Å². The molecule has 1 amide bonds. The van der Waals surface area contributed by atoms with Gasteiger partial charge in [-0.25, -0.2) is 0 Å². The maximum absolute atomic E-state index is 12.0. The predicted octanol–water partition coefficient (Wildman–Crippen LogP) is 2.70. The minimum absolute atomic E-state index is 0.0382. The molecule has 0 bridgehead atoms. The van der Waals surface area contributed by atoms with Crippen LogP contribution in [0.1, 0.15) is 29.6 Å². The van der Waals surface area contributed by atoms with Gasteiger partial charge in [0.2, 0.25) is 0 Å². The molecular weight excluding hydrogens is 224 g/mol. The van der Waals surface area contributed by atoms with Crippen molar-refractivity contribution in [1.29, 1.82) is 0 Å². The van der Waals surface area contributed by atoms with Gasteiger partial charge in [-0.1, -0.05) is 12.1 Å². The minimum atomic E-state index is -0.0382. The van der Waals surface area contributed by atoms with Gasteiger partial charge in [-0.3, -0.25) is 4.79 Å². The number of nitrogens with one attached hydrogen (secondary N) is 2. The Morgan fingerprint density at radius 2 is 2.22 bits per heavy atom. The average molecular weight is 240 g/mol. The van der Waals surface area contributed by atoms with Gasteiger partial charge in [0.05, 0.1) is 11.1 Å². The van der Waals surface area contributed by atoms with E-state index in [0.717, 1.165) is 30.2 Å². The summed E-state index contributed by atoms with van der Waals surface area (Å²) in [4.78, 5) is 15.1. The number of hydrogen-bond acceptors (Lipinski definition) is 1. The van der Waals surface area contributed by atoms with Crippen LogP contribution in [0.25, 0.3) is 10.9 Å². The maximum Gasteiger partial charge on any atom is 0.253 e. The van der Waals surface area contributed by atoms with E-state index in [1.54, 1.807) is 0 Å². The van der Waals surface area contributed by atoms with Gasteiger partial charge in [-0.15, -0.1) is 12.3 Å². The SMILES string of the molecule is C#CCCCCNC(=O)c1cccc2cc[nH]c12. The highest BCUT2D eigenvalue weighted by Gasteiger charge is 2.09. The number of para-hydroxylation sites is 1. The van der Waals surface area contributed by atoms with Gasteiger partial charge in [0.15, 0.2) is 0 Å². The van der Waals surface area contributed by atoms with E-state index in [-0.39, 0.29) is 5.91 Å². The number of unbranched alkanes of at least 4 members (excludes halogenated alkanes) is 2. The molecule has 0 unspecified atom stereocenters. The van der Waals surface area contributed by atoms with Crippen molar-refractivity contribution < 1.29 is 4.79 Å². The molecule has 0 fully saturated rings. The van der Waals surface area contributed by atoms with E-state index in [4.69, 9.17) is 6.42 Å². The van der Waals surface area contributed by atoms with Crippen LogP contribution in [0.3, 0.4) is 0 Å². The number of benzene rings is 1. The first-order chi connectivity index (χ1) is 8.83. The fourth-order valence-corrected chi connectivity index (χ4v) is 1.92. The highest BCUT2D eigenvalue weighted by Crippen LogP contribution is 2.16. The number of amides is 1. The van der Waals surface area contributed by atoms with Gasteiger partial charge in [0.1, 0.15) is 0 Å². The summed E-state index contributed by atoms with van der Waals surface area (Å²) in [5, 5.41) is 3.96. The van der Waals surface area contributed by atoms with E-state index in [9.17, 15) is 4.79 Å². The molecule has 3 nitrogen and oxygen atoms in total. The second-order valence-electron chi connectivity index (χ2n) is 4.16.